The van der Waals surface area contributed by atoms with Crippen LogP contribution in [0.15, 0.2) is 30.3 Å². The molecular weight excluding hydrogens is 284 g/mol. The standard InChI is InChI=1S/C16H22N2O2S/c1-3-11-20-16-15(17-12-19-2)18-14(21-16)10-9-13-7-5-4-6-8-13/h4-8,17H,3,9-12H2,1-2H3. The summed E-state index contributed by atoms with van der Waals surface area (Å²) in [6.45, 7) is 3.24. The van der Waals surface area contributed by atoms with Crippen LogP contribution in [-0.2, 0) is 17.6 Å². The Labute approximate surface area is 130 Å². The minimum Gasteiger partial charge on any atom is -0.481 e. The van der Waals surface area contributed by atoms with Crippen molar-refractivity contribution in [3.05, 3.63) is 40.9 Å². The number of anilines is 1. The first-order valence-corrected chi connectivity index (χ1v) is 8.04. The molecule has 1 N–H and O–H groups in total. The van der Waals surface area contributed by atoms with Crippen LogP contribution in [0.25, 0.3) is 0 Å². The second-order valence-electron chi connectivity index (χ2n) is 4.69. The van der Waals surface area contributed by atoms with Crippen molar-refractivity contribution in [3.63, 3.8) is 0 Å². The molecule has 0 saturated heterocycles. The van der Waals surface area contributed by atoms with Crippen LogP contribution in [0.3, 0.4) is 0 Å². The summed E-state index contributed by atoms with van der Waals surface area (Å²) in [4.78, 5) is 4.62. The van der Waals surface area contributed by atoms with Gasteiger partial charge in [0, 0.05) is 13.5 Å². The maximum absolute atomic E-state index is 5.75. The Bertz CT molecular complexity index is 503. The lowest BCUT2D eigenvalue weighted by atomic mass is 10.1. The predicted molar refractivity (Wildman–Crippen MR) is 87.2 cm³/mol. The van der Waals surface area contributed by atoms with Gasteiger partial charge < -0.3 is 14.8 Å². The van der Waals surface area contributed by atoms with Gasteiger partial charge in [-0.2, -0.15) is 0 Å². The van der Waals surface area contributed by atoms with E-state index in [1.54, 1.807) is 18.4 Å². The average Bonchev–Trinajstić information content (AvgIpc) is 2.92. The lowest BCUT2D eigenvalue weighted by Gasteiger charge is -2.05. The van der Waals surface area contributed by atoms with Crippen molar-refractivity contribution < 1.29 is 9.47 Å². The minimum atomic E-state index is 0.435. The fourth-order valence-corrected chi connectivity index (χ4v) is 2.81. The Morgan fingerprint density at radius 2 is 2.00 bits per heavy atom. The van der Waals surface area contributed by atoms with Crippen LogP contribution < -0.4 is 10.1 Å². The fourth-order valence-electron chi connectivity index (χ4n) is 1.90. The van der Waals surface area contributed by atoms with Gasteiger partial charge in [0.15, 0.2) is 5.82 Å². The number of ether oxygens (including phenoxy) is 2. The van der Waals surface area contributed by atoms with Gasteiger partial charge in [0.25, 0.3) is 0 Å². The molecule has 0 saturated carbocycles. The summed E-state index contributed by atoms with van der Waals surface area (Å²) in [7, 11) is 1.66. The lowest BCUT2D eigenvalue weighted by Crippen LogP contribution is -2.05. The zero-order valence-electron chi connectivity index (χ0n) is 12.6. The Morgan fingerprint density at radius 3 is 2.71 bits per heavy atom. The molecule has 0 aliphatic rings. The molecule has 0 aliphatic carbocycles. The maximum Gasteiger partial charge on any atom is 0.219 e. The van der Waals surface area contributed by atoms with Crippen LogP contribution in [-0.4, -0.2) is 25.4 Å². The minimum absolute atomic E-state index is 0.435. The Kier molecular flexibility index (Phi) is 6.50. The SMILES string of the molecule is CCCOc1sc(CCc2ccccc2)nc1NCOC. The third-order valence-corrected chi connectivity index (χ3v) is 3.96. The molecule has 114 valence electrons. The number of hydrogen-bond donors (Lipinski definition) is 1. The smallest absolute Gasteiger partial charge is 0.219 e. The van der Waals surface area contributed by atoms with Gasteiger partial charge in [0.05, 0.1) is 11.6 Å². The monoisotopic (exact) mass is 306 g/mol. The summed E-state index contributed by atoms with van der Waals surface area (Å²) in [6.07, 6.45) is 2.90. The number of nitrogens with zero attached hydrogens (tertiary/aromatic N) is 1. The summed E-state index contributed by atoms with van der Waals surface area (Å²) < 4.78 is 10.8. The number of aromatic nitrogens is 1. The highest BCUT2D eigenvalue weighted by atomic mass is 32.1. The molecule has 0 unspecified atom stereocenters. The first-order valence-electron chi connectivity index (χ1n) is 7.22. The van der Waals surface area contributed by atoms with Crippen molar-refractivity contribution in [1.29, 1.82) is 0 Å². The second-order valence-corrected chi connectivity index (χ2v) is 5.73. The normalized spacial score (nSPS) is 10.6. The largest absolute Gasteiger partial charge is 0.481 e. The van der Waals surface area contributed by atoms with E-state index in [0.29, 0.717) is 13.3 Å². The van der Waals surface area contributed by atoms with Crippen LogP contribution in [0, 0.1) is 0 Å². The van der Waals surface area contributed by atoms with E-state index < -0.39 is 0 Å². The molecule has 4 nitrogen and oxygen atoms in total. The van der Waals surface area contributed by atoms with Gasteiger partial charge in [0.1, 0.15) is 6.73 Å². The van der Waals surface area contributed by atoms with Crippen LogP contribution >= 0.6 is 11.3 Å². The first-order chi connectivity index (χ1) is 10.3. The lowest BCUT2D eigenvalue weighted by molar-refractivity contribution is 0.220. The maximum atomic E-state index is 5.75. The van der Waals surface area contributed by atoms with E-state index in [2.05, 4.69) is 41.5 Å². The molecule has 0 atom stereocenters. The van der Waals surface area contributed by atoms with Gasteiger partial charge in [-0.3, -0.25) is 0 Å². The van der Waals surface area contributed by atoms with Gasteiger partial charge in [-0.25, -0.2) is 4.98 Å². The number of thiazole rings is 1. The quantitative estimate of drug-likeness (QED) is 0.717. The van der Waals surface area contributed by atoms with Crippen molar-refractivity contribution in [3.8, 4) is 5.06 Å². The highest BCUT2D eigenvalue weighted by molar-refractivity contribution is 7.14. The predicted octanol–water partition coefficient (Wildman–Crippen LogP) is 3.73. The van der Waals surface area contributed by atoms with Crippen molar-refractivity contribution in [2.75, 3.05) is 25.8 Å². The molecule has 2 rings (SSSR count). The molecule has 2 aromatic rings. The molecule has 0 radical (unpaired) electrons. The van der Waals surface area contributed by atoms with Crippen molar-refractivity contribution in [2.24, 2.45) is 0 Å². The van der Waals surface area contributed by atoms with E-state index in [1.165, 1.54) is 5.56 Å². The van der Waals surface area contributed by atoms with E-state index >= 15 is 0 Å². The van der Waals surface area contributed by atoms with Gasteiger partial charge >= 0.3 is 0 Å². The third kappa shape index (κ3) is 5.02. The number of methoxy groups -OCH3 is 1. The van der Waals surface area contributed by atoms with Crippen LogP contribution in [0.4, 0.5) is 5.82 Å². The summed E-state index contributed by atoms with van der Waals surface area (Å²) in [5.74, 6) is 0.790. The van der Waals surface area contributed by atoms with Crippen molar-refractivity contribution >= 4 is 17.2 Å². The third-order valence-electron chi connectivity index (χ3n) is 2.93. The molecule has 0 aliphatic heterocycles. The van der Waals surface area contributed by atoms with Crippen molar-refractivity contribution in [1.82, 2.24) is 4.98 Å². The molecule has 0 spiro atoms. The highest BCUT2D eigenvalue weighted by Gasteiger charge is 2.12. The molecule has 0 amide bonds. The van der Waals surface area contributed by atoms with E-state index in [9.17, 15) is 0 Å². The Hall–Kier alpha value is -1.59. The van der Waals surface area contributed by atoms with Gasteiger partial charge in [0.2, 0.25) is 5.06 Å². The second kappa shape index (κ2) is 8.64. The van der Waals surface area contributed by atoms with Crippen LogP contribution in [0.1, 0.15) is 23.9 Å². The molecule has 1 heterocycles. The Morgan fingerprint density at radius 1 is 1.19 bits per heavy atom. The highest BCUT2D eigenvalue weighted by Crippen LogP contribution is 2.32. The first kappa shape index (κ1) is 15.8. The Balaban J connectivity index is 1.99. The van der Waals surface area contributed by atoms with Gasteiger partial charge in [-0.1, -0.05) is 48.6 Å². The molecular formula is C16H22N2O2S. The number of rotatable bonds is 9. The average molecular weight is 306 g/mol. The molecule has 21 heavy (non-hydrogen) atoms. The van der Waals surface area contributed by atoms with Crippen LogP contribution in [0.5, 0.6) is 5.06 Å². The number of nitrogens with one attached hydrogen (secondary N) is 1. The van der Waals surface area contributed by atoms with E-state index in [4.69, 9.17) is 9.47 Å². The molecule has 0 bridgehead atoms. The molecule has 1 aromatic carbocycles. The zero-order valence-corrected chi connectivity index (χ0v) is 13.4. The summed E-state index contributed by atoms with van der Waals surface area (Å²) in [5, 5.41) is 5.09. The zero-order chi connectivity index (χ0) is 14.9. The summed E-state index contributed by atoms with van der Waals surface area (Å²) in [6, 6.07) is 10.5. The number of benzene rings is 1. The number of aryl methyl sites for hydroxylation is 2. The van der Waals surface area contributed by atoms with Crippen LogP contribution in [0.2, 0.25) is 0 Å². The molecule has 5 heteroatoms. The van der Waals surface area contributed by atoms with E-state index in [0.717, 1.165) is 35.2 Å². The summed E-state index contributed by atoms with van der Waals surface area (Å²) in [5.41, 5.74) is 1.33. The molecule has 1 aromatic heterocycles. The van der Waals surface area contributed by atoms with Gasteiger partial charge in [-0.05, 0) is 18.4 Å². The van der Waals surface area contributed by atoms with E-state index in [-0.39, 0.29) is 0 Å². The topological polar surface area (TPSA) is 43.4 Å². The van der Waals surface area contributed by atoms with Gasteiger partial charge in [-0.15, -0.1) is 0 Å². The van der Waals surface area contributed by atoms with E-state index in [1.807, 2.05) is 6.07 Å². The fraction of sp³-hybridized carbons (Fsp3) is 0.438. The van der Waals surface area contributed by atoms with Crippen molar-refractivity contribution in [2.45, 2.75) is 26.2 Å². The number of hydrogen-bond acceptors (Lipinski definition) is 5. The summed E-state index contributed by atoms with van der Waals surface area (Å²) >= 11 is 1.62. The molecule has 0 fully saturated rings.